The molecule has 7 heteroatoms. The lowest BCUT2D eigenvalue weighted by atomic mass is 9.94. The molecule has 0 amide bonds. The summed E-state index contributed by atoms with van der Waals surface area (Å²) in [4.78, 5) is 22.1. The fourth-order valence-electron chi connectivity index (χ4n) is 3.88. The fraction of sp³-hybridized carbons (Fsp3) is 0.450. The summed E-state index contributed by atoms with van der Waals surface area (Å²) in [6.07, 6.45) is 1.58. The summed E-state index contributed by atoms with van der Waals surface area (Å²) in [6, 6.07) is 7.68. The molecule has 1 atom stereocenters. The molecule has 0 radical (unpaired) electrons. The minimum absolute atomic E-state index is 0.0786. The number of ether oxygens (including phenoxy) is 2. The minimum atomic E-state index is -0.463. The van der Waals surface area contributed by atoms with Crippen molar-refractivity contribution < 1.29 is 14.3 Å². The van der Waals surface area contributed by atoms with Crippen LogP contribution in [0.4, 0.5) is 5.82 Å². The van der Waals surface area contributed by atoms with Crippen LogP contribution in [0.25, 0.3) is 22.2 Å². The van der Waals surface area contributed by atoms with Gasteiger partial charge in [0, 0.05) is 12.6 Å². The van der Waals surface area contributed by atoms with Gasteiger partial charge in [-0.1, -0.05) is 12.1 Å². The summed E-state index contributed by atoms with van der Waals surface area (Å²) in [6.45, 7) is 6.81. The summed E-state index contributed by atoms with van der Waals surface area (Å²) in [5.41, 5.74) is 9.12. The maximum atomic E-state index is 12.6. The molecule has 7 nitrogen and oxygen atoms in total. The summed E-state index contributed by atoms with van der Waals surface area (Å²) in [5.74, 6) is -0.101. The van der Waals surface area contributed by atoms with Gasteiger partial charge in [0.15, 0.2) is 5.65 Å². The molecule has 0 aliphatic carbocycles. The van der Waals surface area contributed by atoms with E-state index in [1.165, 1.54) is 0 Å². The number of aromatic nitrogens is 3. The van der Waals surface area contributed by atoms with Gasteiger partial charge in [-0.25, -0.2) is 14.8 Å². The predicted molar refractivity (Wildman–Crippen MR) is 104 cm³/mol. The van der Waals surface area contributed by atoms with Gasteiger partial charge in [0.1, 0.15) is 16.9 Å². The van der Waals surface area contributed by atoms with Crippen molar-refractivity contribution in [3.8, 4) is 0 Å². The first kappa shape index (κ1) is 17.7. The number of fused-ring (bicyclic) bond motifs is 2. The molecule has 0 unspecified atom stereocenters. The number of para-hydroxylation sites is 2. The summed E-state index contributed by atoms with van der Waals surface area (Å²) in [7, 11) is 0. The molecule has 1 fully saturated rings. The first-order valence-corrected chi connectivity index (χ1v) is 9.28. The van der Waals surface area contributed by atoms with E-state index in [0.717, 1.165) is 23.9 Å². The van der Waals surface area contributed by atoms with Gasteiger partial charge in [-0.2, -0.15) is 0 Å². The molecular weight excluding hydrogens is 344 g/mol. The zero-order valence-electron chi connectivity index (χ0n) is 15.9. The number of hydrogen-bond donors (Lipinski definition) is 1. The average Bonchev–Trinajstić information content (AvgIpc) is 2.90. The first-order valence-electron chi connectivity index (χ1n) is 9.28. The Morgan fingerprint density at radius 3 is 2.70 bits per heavy atom. The number of nitrogens with two attached hydrogens (primary N) is 1. The molecule has 4 rings (SSSR count). The highest BCUT2D eigenvalue weighted by Gasteiger charge is 2.34. The van der Waals surface area contributed by atoms with E-state index < -0.39 is 5.97 Å². The number of hydrogen-bond acceptors (Lipinski definition) is 6. The molecule has 27 heavy (non-hydrogen) atoms. The third-order valence-corrected chi connectivity index (χ3v) is 5.05. The Hall–Kier alpha value is -2.67. The van der Waals surface area contributed by atoms with Gasteiger partial charge in [-0.15, -0.1) is 0 Å². The predicted octanol–water partition coefficient (Wildman–Crippen LogP) is 3.47. The second kappa shape index (κ2) is 6.49. The van der Waals surface area contributed by atoms with Crippen molar-refractivity contribution in [3.05, 3.63) is 29.8 Å². The van der Waals surface area contributed by atoms with Gasteiger partial charge < -0.3 is 19.8 Å². The van der Waals surface area contributed by atoms with Gasteiger partial charge >= 0.3 is 5.97 Å². The number of nitrogen functional groups attached to an aromatic ring is 1. The topological polar surface area (TPSA) is 92.3 Å². The maximum absolute atomic E-state index is 12.6. The molecule has 1 saturated heterocycles. The zero-order chi connectivity index (χ0) is 19.2. The van der Waals surface area contributed by atoms with Crippen molar-refractivity contribution in [2.75, 3.05) is 18.9 Å². The van der Waals surface area contributed by atoms with Crippen LogP contribution in [-0.4, -0.2) is 39.3 Å². The molecule has 1 aromatic carbocycles. The van der Waals surface area contributed by atoms with Gasteiger partial charge in [-0.3, -0.25) is 0 Å². The van der Waals surface area contributed by atoms with E-state index in [2.05, 4.69) is 13.8 Å². The van der Waals surface area contributed by atoms with Crippen LogP contribution in [0, 0.1) is 0 Å². The Labute approximate surface area is 157 Å². The molecular formula is C20H24N4O3. The second-order valence-electron chi connectivity index (χ2n) is 7.49. The van der Waals surface area contributed by atoms with Crippen molar-refractivity contribution in [3.63, 3.8) is 0 Å². The Morgan fingerprint density at radius 2 is 2.04 bits per heavy atom. The van der Waals surface area contributed by atoms with Gasteiger partial charge in [0.05, 0.1) is 23.2 Å². The molecule has 0 bridgehead atoms. The van der Waals surface area contributed by atoms with Gasteiger partial charge in [0.25, 0.3) is 0 Å². The Morgan fingerprint density at radius 1 is 1.33 bits per heavy atom. The molecule has 2 aromatic heterocycles. The van der Waals surface area contributed by atoms with Crippen LogP contribution >= 0.6 is 0 Å². The van der Waals surface area contributed by atoms with E-state index in [4.69, 9.17) is 25.2 Å². The van der Waals surface area contributed by atoms with Crippen molar-refractivity contribution >= 4 is 34.0 Å². The summed E-state index contributed by atoms with van der Waals surface area (Å²) < 4.78 is 13.0. The van der Waals surface area contributed by atoms with Crippen molar-refractivity contribution in [2.24, 2.45) is 0 Å². The van der Waals surface area contributed by atoms with Gasteiger partial charge in [-0.05, 0) is 45.7 Å². The van der Waals surface area contributed by atoms with Gasteiger partial charge in [0.2, 0.25) is 0 Å². The molecule has 142 valence electrons. The average molecular weight is 368 g/mol. The second-order valence-corrected chi connectivity index (χ2v) is 7.49. The van der Waals surface area contributed by atoms with Crippen LogP contribution in [0.1, 0.15) is 50.0 Å². The fourth-order valence-corrected chi connectivity index (χ4v) is 3.88. The molecule has 2 N–H and O–H groups in total. The van der Waals surface area contributed by atoms with Crippen LogP contribution in [0.15, 0.2) is 24.3 Å². The zero-order valence-corrected chi connectivity index (χ0v) is 15.9. The monoisotopic (exact) mass is 368 g/mol. The molecule has 1 aliphatic heterocycles. The molecule has 3 heterocycles. The highest BCUT2D eigenvalue weighted by Crippen LogP contribution is 2.38. The number of carbonyl (C=O) groups is 1. The largest absolute Gasteiger partial charge is 0.462 e. The number of nitrogens with zero attached hydrogens (tertiary/aromatic N) is 3. The van der Waals surface area contributed by atoms with E-state index >= 15 is 0 Å². The van der Waals surface area contributed by atoms with Crippen LogP contribution in [0.3, 0.4) is 0 Å². The maximum Gasteiger partial charge on any atom is 0.344 e. The van der Waals surface area contributed by atoms with Crippen LogP contribution < -0.4 is 5.73 Å². The van der Waals surface area contributed by atoms with E-state index in [0.29, 0.717) is 29.2 Å². The van der Waals surface area contributed by atoms with Crippen molar-refractivity contribution in [2.45, 2.75) is 45.3 Å². The number of carbonyl (C=O) groups excluding carboxylic acids is 1. The van der Waals surface area contributed by atoms with Crippen molar-refractivity contribution in [1.29, 1.82) is 0 Å². The van der Waals surface area contributed by atoms with E-state index in [1.807, 2.05) is 28.8 Å². The van der Waals surface area contributed by atoms with Crippen LogP contribution in [0.2, 0.25) is 0 Å². The van der Waals surface area contributed by atoms with E-state index in [1.54, 1.807) is 6.92 Å². The number of rotatable bonds is 3. The quantitative estimate of drug-likeness (QED) is 0.712. The summed E-state index contributed by atoms with van der Waals surface area (Å²) in [5, 5.41) is 0. The minimum Gasteiger partial charge on any atom is -0.462 e. The van der Waals surface area contributed by atoms with Crippen LogP contribution in [0.5, 0.6) is 0 Å². The highest BCUT2D eigenvalue weighted by molar-refractivity contribution is 6.08. The van der Waals surface area contributed by atoms with Crippen molar-refractivity contribution in [1.82, 2.24) is 14.5 Å². The standard InChI is InChI=1S/C20H24N4O3/c1-4-26-19(25)15-16-18(23-14-8-6-5-7-13(14)22-16)24(17(15)21)12-9-10-27-20(2,3)11-12/h5-8,12H,4,9-11,21H2,1-3H3/t12-/m0/s1. The lowest BCUT2D eigenvalue weighted by Gasteiger charge is -2.36. The number of esters is 1. The summed E-state index contributed by atoms with van der Waals surface area (Å²) >= 11 is 0. The molecule has 1 aliphatic rings. The number of benzene rings is 1. The Kier molecular flexibility index (Phi) is 4.26. The van der Waals surface area contributed by atoms with E-state index in [9.17, 15) is 4.79 Å². The molecule has 3 aromatic rings. The lowest BCUT2D eigenvalue weighted by Crippen LogP contribution is -2.35. The smallest absolute Gasteiger partial charge is 0.344 e. The van der Waals surface area contributed by atoms with E-state index in [-0.39, 0.29) is 18.2 Å². The number of anilines is 1. The van der Waals surface area contributed by atoms with Crippen LogP contribution in [-0.2, 0) is 9.47 Å². The third-order valence-electron chi connectivity index (χ3n) is 5.05. The Bertz CT molecular complexity index is 1020. The Balaban J connectivity index is 1.98. The third kappa shape index (κ3) is 3.02. The molecule has 0 saturated carbocycles. The highest BCUT2D eigenvalue weighted by atomic mass is 16.5. The first-order chi connectivity index (χ1) is 12.9. The molecule has 0 spiro atoms. The lowest BCUT2D eigenvalue weighted by molar-refractivity contribution is -0.0682. The SMILES string of the molecule is CCOC(=O)c1c(N)n([C@H]2CCOC(C)(C)C2)c2nc3ccccc3nc12. The normalized spacial score (nSPS) is 19.4.